The Hall–Kier alpha value is -1.51. The SMILES string of the molecule is CCN(C(=O)Cc1ccc(N)cc1)C1CCCCC1. The van der Waals surface area contributed by atoms with Crippen molar-refractivity contribution in [3.8, 4) is 0 Å². The standard InChI is InChI=1S/C16H24N2O/c1-2-18(15-6-4-3-5-7-15)16(19)12-13-8-10-14(17)11-9-13/h8-11,15H,2-7,12,17H2,1H3. The molecular formula is C16H24N2O. The summed E-state index contributed by atoms with van der Waals surface area (Å²) in [5, 5.41) is 0. The van der Waals surface area contributed by atoms with Crippen molar-refractivity contribution in [1.29, 1.82) is 0 Å². The monoisotopic (exact) mass is 260 g/mol. The number of carbonyl (C=O) groups excluding carboxylic acids is 1. The molecule has 1 amide bonds. The van der Waals surface area contributed by atoms with Crippen molar-refractivity contribution in [1.82, 2.24) is 4.90 Å². The molecule has 0 heterocycles. The van der Waals surface area contributed by atoms with Crippen molar-refractivity contribution in [3.05, 3.63) is 29.8 Å². The third-order valence-corrected chi connectivity index (χ3v) is 4.01. The summed E-state index contributed by atoms with van der Waals surface area (Å²) >= 11 is 0. The number of nitrogens with zero attached hydrogens (tertiary/aromatic N) is 1. The van der Waals surface area contributed by atoms with E-state index in [1.54, 1.807) is 0 Å². The topological polar surface area (TPSA) is 46.3 Å². The van der Waals surface area contributed by atoms with Crippen molar-refractivity contribution >= 4 is 11.6 Å². The van der Waals surface area contributed by atoms with E-state index in [4.69, 9.17) is 5.73 Å². The van der Waals surface area contributed by atoms with Gasteiger partial charge in [-0.3, -0.25) is 4.79 Å². The van der Waals surface area contributed by atoms with Gasteiger partial charge in [-0.15, -0.1) is 0 Å². The lowest BCUT2D eigenvalue weighted by Crippen LogP contribution is -2.42. The van der Waals surface area contributed by atoms with Crippen LogP contribution in [0.5, 0.6) is 0 Å². The molecular weight excluding hydrogens is 236 g/mol. The number of benzene rings is 1. The molecule has 1 aromatic rings. The fourth-order valence-corrected chi connectivity index (χ4v) is 2.94. The first-order valence-corrected chi connectivity index (χ1v) is 7.34. The van der Waals surface area contributed by atoms with Crippen LogP contribution >= 0.6 is 0 Å². The maximum Gasteiger partial charge on any atom is 0.227 e. The van der Waals surface area contributed by atoms with E-state index in [9.17, 15) is 4.79 Å². The number of likely N-dealkylation sites (N-methyl/N-ethyl adjacent to an activating group) is 1. The van der Waals surface area contributed by atoms with Gasteiger partial charge in [0, 0.05) is 18.3 Å². The van der Waals surface area contributed by atoms with E-state index in [1.165, 1.54) is 32.1 Å². The van der Waals surface area contributed by atoms with Gasteiger partial charge in [0.2, 0.25) is 5.91 Å². The highest BCUT2D eigenvalue weighted by molar-refractivity contribution is 5.79. The Morgan fingerprint density at radius 2 is 1.84 bits per heavy atom. The van der Waals surface area contributed by atoms with Gasteiger partial charge in [0.25, 0.3) is 0 Å². The predicted octanol–water partition coefficient (Wildman–Crippen LogP) is 2.99. The summed E-state index contributed by atoms with van der Waals surface area (Å²) < 4.78 is 0. The van der Waals surface area contributed by atoms with Crippen LogP contribution in [0.15, 0.2) is 24.3 Å². The summed E-state index contributed by atoms with van der Waals surface area (Å²) in [4.78, 5) is 14.5. The molecule has 19 heavy (non-hydrogen) atoms. The molecule has 0 saturated heterocycles. The summed E-state index contributed by atoms with van der Waals surface area (Å²) in [5.74, 6) is 0.249. The minimum Gasteiger partial charge on any atom is -0.399 e. The van der Waals surface area contributed by atoms with Gasteiger partial charge in [-0.25, -0.2) is 0 Å². The van der Waals surface area contributed by atoms with Crippen LogP contribution in [-0.4, -0.2) is 23.4 Å². The summed E-state index contributed by atoms with van der Waals surface area (Å²) in [6.45, 7) is 2.90. The molecule has 104 valence electrons. The molecule has 1 saturated carbocycles. The largest absolute Gasteiger partial charge is 0.399 e. The van der Waals surface area contributed by atoms with Crippen LogP contribution in [0.3, 0.4) is 0 Å². The lowest BCUT2D eigenvalue weighted by Gasteiger charge is -2.33. The molecule has 1 aliphatic carbocycles. The van der Waals surface area contributed by atoms with Crippen LogP contribution in [0.4, 0.5) is 5.69 Å². The maximum absolute atomic E-state index is 12.4. The molecule has 3 heteroatoms. The van der Waals surface area contributed by atoms with E-state index >= 15 is 0 Å². The van der Waals surface area contributed by atoms with Gasteiger partial charge in [-0.2, -0.15) is 0 Å². The number of rotatable bonds is 4. The zero-order valence-electron chi connectivity index (χ0n) is 11.8. The van der Waals surface area contributed by atoms with Crippen molar-refractivity contribution in [3.63, 3.8) is 0 Å². The summed E-state index contributed by atoms with van der Waals surface area (Å²) in [6.07, 6.45) is 6.67. The third-order valence-electron chi connectivity index (χ3n) is 4.01. The molecule has 0 aliphatic heterocycles. The number of hydrogen-bond acceptors (Lipinski definition) is 2. The number of carbonyl (C=O) groups is 1. The molecule has 0 unspecified atom stereocenters. The first-order chi connectivity index (χ1) is 9.20. The Morgan fingerprint density at radius 3 is 2.42 bits per heavy atom. The summed E-state index contributed by atoms with van der Waals surface area (Å²) in [5.41, 5.74) is 7.46. The first-order valence-electron chi connectivity index (χ1n) is 7.34. The number of anilines is 1. The van der Waals surface area contributed by atoms with Crippen LogP contribution in [0.2, 0.25) is 0 Å². The number of hydrogen-bond donors (Lipinski definition) is 1. The third kappa shape index (κ3) is 3.72. The van der Waals surface area contributed by atoms with E-state index in [2.05, 4.69) is 11.8 Å². The molecule has 0 bridgehead atoms. The number of amides is 1. The minimum atomic E-state index is 0.249. The lowest BCUT2D eigenvalue weighted by molar-refractivity contribution is -0.133. The van der Waals surface area contributed by atoms with Gasteiger partial charge in [-0.1, -0.05) is 31.4 Å². The minimum absolute atomic E-state index is 0.249. The smallest absolute Gasteiger partial charge is 0.227 e. The molecule has 1 fully saturated rings. The highest BCUT2D eigenvalue weighted by Gasteiger charge is 2.23. The van der Waals surface area contributed by atoms with Crippen LogP contribution < -0.4 is 5.73 Å². The Labute approximate surface area is 115 Å². The van der Waals surface area contributed by atoms with Gasteiger partial charge < -0.3 is 10.6 Å². The highest BCUT2D eigenvalue weighted by atomic mass is 16.2. The van der Waals surface area contributed by atoms with Gasteiger partial charge in [-0.05, 0) is 37.5 Å². The quantitative estimate of drug-likeness (QED) is 0.846. The van der Waals surface area contributed by atoms with Crippen molar-refractivity contribution < 1.29 is 4.79 Å². The van der Waals surface area contributed by atoms with Crippen molar-refractivity contribution in [2.45, 2.75) is 51.5 Å². The normalized spacial score (nSPS) is 16.3. The maximum atomic E-state index is 12.4. The van der Waals surface area contributed by atoms with Crippen LogP contribution in [0.25, 0.3) is 0 Å². The van der Waals surface area contributed by atoms with Crippen LogP contribution in [0, 0.1) is 0 Å². The zero-order valence-corrected chi connectivity index (χ0v) is 11.8. The summed E-state index contributed by atoms with van der Waals surface area (Å²) in [6, 6.07) is 8.07. The molecule has 1 aromatic carbocycles. The fourth-order valence-electron chi connectivity index (χ4n) is 2.94. The van der Waals surface area contributed by atoms with Gasteiger partial charge in [0.15, 0.2) is 0 Å². The second-order valence-corrected chi connectivity index (χ2v) is 5.39. The predicted molar refractivity (Wildman–Crippen MR) is 78.8 cm³/mol. The van der Waals surface area contributed by atoms with Crippen molar-refractivity contribution in [2.75, 3.05) is 12.3 Å². The van der Waals surface area contributed by atoms with E-state index in [0.29, 0.717) is 12.5 Å². The molecule has 0 aromatic heterocycles. The molecule has 0 spiro atoms. The van der Waals surface area contributed by atoms with Crippen LogP contribution in [-0.2, 0) is 11.2 Å². The van der Waals surface area contributed by atoms with Gasteiger partial charge >= 0.3 is 0 Å². The fraction of sp³-hybridized carbons (Fsp3) is 0.562. The Morgan fingerprint density at radius 1 is 1.21 bits per heavy atom. The zero-order chi connectivity index (χ0) is 13.7. The Balaban J connectivity index is 1.97. The van der Waals surface area contributed by atoms with Crippen LogP contribution in [0.1, 0.15) is 44.6 Å². The number of nitrogen functional groups attached to an aromatic ring is 1. The average molecular weight is 260 g/mol. The van der Waals surface area contributed by atoms with E-state index in [1.807, 2.05) is 24.3 Å². The molecule has 0 radical (unpaired) electrons. The second-order valence-electron chi connectivity index (χ2n) is 5.39. The molecule has 0 atom stereocenters. The van der Waals surface area contributed by atoms with E-state index in [0.717, 1.165) is 17.8 Å². The molecule has 2 N–H and O–H groups in total. The Bertz CT molecular complexity index is 407. The lowest BCUT2D eigenvalue weighted by atomic mass is 9.93. The van der Waals surface area contributed by atoms with Gasteiger partial charge in [0.1, 0.15) is 0 Å². The molecule has 1 aliphatic rings. The molecule has 2 rings (SSSR count). The number of nitrogens with two attached hydrogens (primary N) is 1. The van der Waals surface area contributed by atoms with E-state index in [-0.39, 0.29) is 5.91 Å². The Kier molecular flexibility index (Phi) is 4.83. The first kappa shape index (κ1) is 13.9. The highest BCUT2D eigenvalue weighted by Crippen LogP contribution is 2.23. The van der Waals surface area contributed by atoms with Crippen molar-refractivity contribution in [2.24, 2.45) is 0 Å². The van der Waals surface area contributed by atoms with E-state index < -0.39 is 0 Å². The van der Waals surface area contributed by atoms with Gasteiger partial charge in [0.05, 0.1) is 6.42 Å². The summed E-state index contributed by atoms with van der Waals surface area (Å²) in [7, 11) is 0. The second kappa shape index (κ2) is 6.60. The average Bonchev–Trinajstić information content (AvgIpc) is 2.43. The molecule has 3 nitrogen and oxygen atoms in total.